The van der Waals surface area contributed by atoms with Crippen molar-refractivity contribution >= 4 is 17.6 Å². The Morgan fingerprint density at radius 3 is 2.86 bits per heavy atom. The molecule has 0 amide bonds. The van der Waals surface area contributed by atoms with E-state index < -0.39 is 0 Å². The van der Waals surface area contributed by atoms with Crippen molar-refractivity contribution in [3.8, 4) is 11.5 Å². The third-order valence-electron chi connectivity index (χ3n) is 5.25. The van der Waals surface area contributed by atoms with Gasteiger partial charge in [-0.1, -0.05) is 12.2 Å². The normalized spacial score (nSPS) is 15.6. The van der Waals surface area contributed by atoms with Crippen molar-refractivity contribution in [3.05, 3.63) is 41.4 Å². The number of aromatic nitrogens is 2. The minimum absolute atomic E-state index is 0.655. The van der Waals surface area contributed by atoms with Crippen molar-refractivity contribution in [2.45, 2.75) is 32.6 Å². The molecule has 3 heterocycles. The van der Waals surface area contributed by atoms with E-state index in [2.05, 4.69) is 38.4 Å². The summed E-state index contributed by atoms with van der Waals surface area (Å²) < 4.78 is 11.5. The summed E-state index contributed by atoms with van der Waals surface area (Å²) in [6.07, 6.45) is 10.5. The number of rotatable bonds is 8. The molecule has 0 saturated carbocycles. The second-order valence-electron chi connectivity index (χ2n) is 7.37. The van der Waals surface area contributed by atoms with Crippen LogP contribution in [0.15, 0.2) is 24.4 Å². The van der Waals surface area contributed by atoms with E-state index in [-0.39, 0.29) is 0 Å². The van der Waals surface area contributed by atoms with Crippen LogP contribution in [-0.2, 0) is 6.42 Å². The molecule has 2 aromatic rings. The summed E-state index contributed by atoms with van der Waals surface area (Å²) in [6.45, 7) is 6.21. The molecule has 0 aromatic carbocycles. The number of hydrogen-bond donors (Lipinski definition) is 1. The second-order valence-corrected chi connectivity index (χ2v) is 7.37. The van der Waals surface area contributed by atoms with Crippen molar-refractivity contribution in [1.82, 2.24) is 14.9 Å². The zero-order valence-corrected chi connectivity index (χ0v) is 16.7. The molecule has 2 aliphatic rings. The Kier molecular flexibility index (Phi) is 5.76. The Morgan fingerprint density at radius 2 is 2.04 bits per heavy atom. The van der Waals surface area contributed by atoms with Crippen molar-refractivity contribution in [3.63, 3.8) is 0 Å². The predicted molar refractivity (Wildman–Crippen MR) is 112 cm³/mol. The zero-order valence-electron chi connectivity index (χ0n) is 16.7. The van der Waals surface area contributed by atoms with Gasteiger partial charge < -0.3 is 19.7 Å². The number of anilines is 2. The first kappa shape index (κ1) is 18.7. The number of hydrogen-bond acceptors (Lipinski definition) is 6. The van der Waals surface area contributed by atoms with Gasteiger partial charge >= 0.3 is 0 Å². The molecule has 0 radical (unpaired) electrons. The third kappa shape index (κ3) is 4.28. The van der Waals surface area contributed by atoms with Crippen molar-refractivity contribution < 1.29 is 9.47 Å². The lowest BCUT2D eigenvalue weighted by molar-refractivity contribution is 0.254. The quantitative estimate of drug-likeness (QED) is 0.699. The van der Waals surface area contributed by atoms with Gasteiger partial charge in [0.15, 0.2) is 11.5 Å². The Bertz CT molecular complexity index is 860. The molecule has 0 spiro atoms. The van der Waals surface area contributed by atoms with Crippen molar-refractivity contribution in [2.75, 3.05) is 38.7 Å². The fourth-order valence-corrected chi connectivity index (χ4v) is 3.85. The molecule has 0 unspecified atom stereocenters. The lowest BCUT2D eigenvalue weighted by Crippen LogP contribution is -2.21. The Labute approximate surface area is 166 Å². The molecule has 1 N–H and O–H groups in total. The maximum atomic E-state index is 6.02. The van der Waals surface area contributed by atoms with Crippen LogP contribution in [0.2, 0.25) is 0 Å². The van der Waals surface area contributed by atoms with Gasteiger partial charge in [0.05, 0.1) is 31.3 Å². The van der Waals surface area contributed by atoms with Gasteiger partial charge in [-0.3, -0.25) is 4.98 Å². The van der Waals surface area contributed by atoms with E-state index >= 15 is 0 Å². The molecule has 6 heteroatoms. The van der Waals surface area contributed by atoms with Crippen LogP contribution in [0.1, 0.15) is 36.2 Å². The predicted octanol–water partition coefficient (Wildman–Crippen LogP) is 3.97. The number of likely N-dealkylation sites (tertiary alicyclic amines) is 1. The van der Waals surface area contributed by atoms with Gasteiger partial charge in [-0.05, 0) is 45.3 Å². The van der Waals surface area contributed by atoms with E-state index in [0.717, 1.165) is 53.6 Å². The maximum absolute atomic E-state index is 6.02. The first-order chi connectivity index (χ1) is 13.7. The first-order valence-corrected chi connectivity index (χ1v) is 10.1. The van der Waals surface area contributed by atoms with E-state index in [4.69, 9.17) is 9.47 Å². The number of aryl methyl sites for hydroxylation is 1. The number of allylic oxidation sites excluding steroid dienone is 1. The summed E-state index contributed by atoms with van der Waals surface area (Å²) in [7, 11) is 1.64. The standard InChI is InChI=1S/C22H28N4O2/c1-16-13-19(17-7-5-8-18(17)24-16)25-22-14-20(21(27-2)15-23-22)28-12-6-11-26-9-3-4-10-26/h5,7,13-15H,3-4,6,8-12H2,1-2H3,(H,23,24,25). The molecule has 1 saturated heterocycles. The Balaban J connectivity index is 1.44. The molecule has 1 fully saturated rings. The monoisotopic (exact) mass is 380 g/mol. The molecule has 4 rings (SSSR count). The summed E-state index contributed by atoms with van der Waals surface area (Å²) in [4.78, 5) is 11.6. The molecule has 1 aliphatic heterocycles. The van der Waals surface area contributed by atoms with Crippen molar-refractivity contribution in [2.24, 2.45) is 0 Å². The van der Waals surface area contributed by atoms with Gasteiger partial charge in [0.1, 0.15) is 5.82 Å². The average molecular weight is 380 g/mol. The Hall–Kier alpha value is -2.60. The largest absolute Gasteiger partial charge is 0.491 e. The number of nitrogens with zero attached hydrogens (tertiary/aromatic N) is 3. The topological polar surface area (TPSA) is 59.5 Å². The minimum Gasteiger partial charge on any atom is -0.491 e. The van der Waals surface area contributed by atoms with Crippen LogP contribution in [0, 0.1) is 6.92 Å². The van der Waals surface area contributed by atoms with Crippen molar-refractivity contribution in [1.29, 1.82) is 0 Å². The minimum atomic E-state index is 0.655. The molecule has 0 atom stereocenters. The fourth-order valence-electron chi connectivity index (χ4n) is 3.85. The number of fused-ring (bicyclic) bond motifs is 1. The maximum Gasteiger partial charge on any atom is 0.179 e. The molecule has 2 aromatic heterocycles. The van der Waals surface area contributed by atoms with Gasteiger partial charge in [-0.25, -0.2) is 4.98 Å². The fraction of sp³-hybridized carbons (Fsp3) is 0.455. The van der Waals surface area contributed by atoms with Gasteiger partial charge in [0, 0.05) is 30.3 Å². The summed E-state index contributed by atoms with van der Waals surface area (Å²) in [6, 6.07) is 3.96. The van der Waals surface area contributed by atoms with E-state index in [1.165, 1.54) is 25.9 Å². The van der Waals surface area contributed by atoms with Crippen LogP contribution in [0.5, 0.6) is 11.5 Å². The molecule has 148 valence electrons. The number of nitrogens with one attached hydrogen (secondary N) is 1. The van der Waals surface area contributed by atoms with Crippen LogP contribution in [0.4, 0.5) is 11.5 Å². The molecule has 6 nitrogen and oxygen atoms in total. The first-order valence-electron chi connectivity index (χ1n) is 10.1. The summed E-state index contributed by atoms with van der Waals surface area (Å²) in [5, 5.41) is 3.43. The van der Waals surface area contributed by atoms with Crippen LogP contribution >= 0.6 is 0 Å². The SMILES string of the molecule is COc1cnc(Nc2cc(C)nc3c2C=CC3)cc1OCCCN1CCCC1. The lowest BCUT2D eigenvalue weighted by Gasteiger charge is -2.16. The second kappa shape index (κ2) is 8.61. The molecular weight excluding hydrogens is 352 g/mol. The number of ether oxygens (including phenoxy) is 2. The van der Waals surface area contributed by atoms with Crippen LogP contribution in [0.3, 0.4) is 0 Å². The molecule has 28 heavy (non-hydrogen) atoms. The Morgan fingerprint density at radius 1 is 1.18 bits per heavy atom. The van der Waals surface area contributed by atoms with Crippen LogP contribution < -0.4 is 14.8 Å². The smallest absolute Gasteiger partial charge is 0.179 e. The van der Waals surface area contributed by atoms with E-state index in [9.17, 15) is 0 Å². The highest BCUT2D eigenvalue weighted by Crippen LogP contribution is 2.32. The van der Waals surface area contributed by atoms with E-state index in [1.54, 1.807) is 13.3 Å². The average Bonchev–Trinajstić information content (AvgIpc) is 3.37. The van der Waals surface area contributed by atoms with Crippen LogP contribution in [-0.4, -0.2) is 48.2 Å². The highest BCUT2D eigenvalue weighted by molar-refractivity contribution is 5.75. The van der Waals surface area contributed by atoms with Gasteiger partial charge in [0.25, 0.3) is 0 Å². The number of pyridine rings is 2. The third-order valence-corrected chi connectivity index (χ3v) is 5.25. The van der Waals surface area contributed by atoms with E-state index in [1.807, 2.05) is 13.0 Å². The summed E-state index contributed by atoms with van der Waals surface area (Å²) >= 11 is 0. The van der Waals surface area contributed by atoms with Gasteiger partial charge in [-0.2, -0.15) is 0 Å². The highest BCUT2D eigenvalue weighted by Gasteiger charge is 2.15. The molecule has 0 bridgehead atoms. The molecular formula is C22H28N4O2. The summed E-state index contributed by atoms with van der Waals surface area (Å²) in [5.41, 5.74) is 4.26. The lowest BCUT2D eigenvalue weighted by atomic mass is 10.1. The number of methoxy groups -OCH3 is 1. The molecule has 1 aliphatic carbocycles. The van der Waals surface area contributed by atoms with Crippen LogP contribution in [0.25, 0.3) is 6.08 Å². The van der Waals surface area contributed by atoms with Gasteiger partial charge in [-0.15, -0.1) is 0 Å². The van der Waals surface area contributed by atoms with Gasteiger partial charge in [0.2, 0.25) is 0 Å². The zero-order chi connectivity index (χ0) is 19.3. The highest BCUT2D eigenvalue weighted by atomic mass is 16.5. The summed E-state index contributed by atoms with van der Waals surface area (Å²) in [5.74, 6) is 2.12. The van der Waals surface area contributed by atoms with E-state index in [0.29, 0.717) is 12.4 Å².